The average Bonchev–Trinajstić information content (AvgIpc) is 3.11. The minimum atomic E-state index is 0.322. The maximum absolute atomic E-state index is 4.53. The molecule has 1 aromatic rings. The predicted octanol–water partition coefficient (Wildman–Crippen LogP) is 2.91. The van der Waals surface area contributed by atoms with E-state index in [1.807, 2.05) is 7.05 Å². The second-order valence-corrected chi connectivity index (χ2v) is 9.63. The van der Waals surface area contributed by atoms with Crippen LogP contribution in [-0.4, -0.2) is 66.1 Å². The van der Waals surface area contributed by atoms with Crippen LogP contribution < -0.4 is 10.6 Å². The third kappa shape index (κ3) is 5.36. The van der Waals surface area contributed by atoms with Crippen molar-refractivity contribution in [1.29, 1.82) is 0 Å². The number of thioether (sulfide) groups is 1. The Morgan fingerprint density at radius 3 is 2.65 bits per heavy atom. The second-order valence-electron chi connectivity index (χ2n) is 7.34. The van der Waals surface area contributed by atoms with Crippen LogP contribution >= 0.6 is 23.1 Å². The zero-order valence-electron chi connectivity index (χ0n) is 16.2. The molecule has 0 radical (unpaired) electrons. The predicted molar refractivity (Wildman–Crippen MR) is 115 cm³/mol. The summed E-state index contributed by atoms with van der Waals surface area (Å²) in [6, 6.07) is 0. The summed E-state index contributed by atoms with van der Waals surface area (Å²) in [7, 11) is 1.87. The van der Waals surface area contributed by atoms with Gasteiger partial charge in [-0.25, -0.2) is 4.98 Å². The maximum atomic E-state index is 4.53. The number of nitrogens with zero attached hydrogens (tertiary/aromatic N) is 3. The molecule has 1 aliphatic heterocycles. The van der Waals surface area contributed by atoms with Crippen molar-refractivity contribution >= 4 is 29.1 Å². The molecule has 2 aliphatic rings. The molecule has 0 amide bonds. The van der Waals surface area contributed by atoms with Crippen LogP contribution in [-0.2, 0) is 6.42 Å². The molecule has 5 nitrogen and oxygen atoms in total. The lowest BCUT2D eigenvalue weighted by atomic mass is 9.80. The largest absolute Gasteiger partial charge is 0.356 e. The molecule has 0 bridgehead atoms. The van der Waals surface area contributed by atoms with E-state index in [2.05, 4.69) is 49.6 Å². The highest BCUT2D eigenvalue weighted by molar-refractivity contribution is 7.99. The van der Waals surface area contributed by atoms with E-state index in [-0.39, 0.29) is 0 Å². The van der Waals surface area contributed by atoms with Gasteiger partial charge in [-0.3, -0.25) is 9.89 Å². The van der Waals surface area contributed by atoms with Crippen molar-refractivity contribution < 1.29 is 0 Å². The Bertz CT molecular complexity index is 574. The number of thiazole rings is 1. The zero-order chi connectivity index (χ0) is 18.2. The summed E-state index contributed by atoms with van der Waals surface area (Å²) in [6.07, 6.45) is 7.70. The van der Waals surface area contributed by atoms with Crippen LogP contribution in [0.5, 0.6) is 0 Å². The number of aliphatic imine (C=N–C) groups is 1. The first kappa shape index (κ1) is 20.0. The van der Waals surface area contributed by atoms with Crippen molar-refractivity contribution in [2.45, 2.75) is 51.0 Å². The monoisotopic (exact) mass is 395 g/mol. The molecule has 146 valence electrons. The summed E-state index contributed by atoms with van der Waals surface area (Å²) < 4.78 is 0. The third-order valence-electron chi connectivity index (χ3n) is 5.61. The smallest absolute Gasteiger partial charge is 0.191 e. The fraction of sp³-hybridized carbons (Fsp3) is 0.789. The van der Waals surface area contributed by atoms with Gasteiger partial charge in [0.2, 0.25) is 0 Å². The molecule has 0 spiro atoms. The third-order valence-corrected chi connectivity index (χ3v) is 7.38. The molecule has 2 N–H and O–H groups in total. The van der Waals surface area contributed by atoms with Gasteiger partial charge in [0.05, 0.1) is 10.7 Å². The van der Waals surface area contributed by atoms with Gasteiger partial charge >= 0.3 is 0 Å². The molecule has 2 fully saturated rings. The summed E-state index contributed by atoms with van der Waals surface area (Å²) in [6.45, 7) is 6.41. The quantitative estimate of drug-likeness (QED) is 0.573. The molecule has 1 aliphatic carbocycles. The Labute approximate surface area is 166 Å². The minimum Gasteiger partial charge on any atom is -0.356 e. The van der Waals surface area contributed by atoms with Crippen LogP contribution in [0.2, 0.25) is 0 Å². The highest BCUT2D eigenvalue weighted by atomic mass is 32.2. The van der Waals surface area contributed by atoms with Gasteiger partial charge in [-0.1, -0.05) is 19.3 Å². The SMILES string of the molecule is CN=C(NCCc1csc(C)n1)NCC1(N2CCSCC2)CCCCC1. The van der Waals surface area contributed by atoms with E-state index in [4.69, 9.17) is 0 Å². The molecular formula is C19H33N5S2. The van der Waals surface area contributed by atoms with Crippen LogP contribution in [0.3, 0.4) is 0 Å². The summed E-state index contributed by atoms with van der Waals surface area (Å²) in [5.74, 6) is 3.48. The Morgan fingerprint density at radius 2 is 2.00 bits per heavy atom. The molecule has 7 heteroatoms. The summed E-state index contributed by atoms with van der Waals surface area (Å²) >= 11 is 3.82. The maximum Gasteiger partial charge on any atom is 0.191 e. The van der Waals surface area contributed by atoms with Gasteiger partial charge in [0.1, 0.15) is 0 Å². The first-order valence-corrected chi connectivity index (χ1v) is 11.9. The van der Waals surface area contributed by atoms with E-state index in [1.54, 1.807) is 11.3 Å². The Kier molecular flexibility index (Phi) is 7.64. The first-order valence-electron chi connectivity index (χ1n) is 9.90. The molecule has 1 aromatic heterocycles. The lowest BCUT2D eigenvalue weighted by molar-refractivity contribution is 0.0626. The zero-order valence-corrected chi connectivity index (χ0v) is 17.9. The second kappa shape index (κ2) is 9.95. The molecule has 3 rings (SSSR count). The molecule has 0 unspecified atom stereocenters. The van der Waals surface area contributed by atoms with Crippen molar-refractivity contribution in [3.8, 4) is 0 Å². The van der Waals surface area contributed by atoms with E-state index in [1.165, 1.54) is 62.4 Å². The fourth-order valence-electron chi connectivity index (χ4n) is 4.15. The van der Waals surface area contributed by atoms with Gasteiger partial charge in [-0.05, 0) is 19.8 Å². The van der Waals surface area contributed by atoms with Crippen molar-refractivity contribution in [2.24, 2.45) is 4.99 Å². The number of hydrogen-bond donors (Lipinski definition) is 2. The molecular weight excluding hydrogens is 362 g/mol. The van der Waals surface area contributed by atoms with Crippen molar-refractivity contribution in [3.05, 3.63) is 16.1 Å². The number of guanidine groups is 1. The standard InChI is InChI=1S/C19H33N5S2/c1-16-23-17(14-26-16)6-9-21-18(20-2)22-15-19(7-4-3-5-8-19)24-10-12-25-13-11-24/h14H,3-13,15H2,1-2H3,(H2,20,21,22). The Balaban J connectivity index is 1.51. The molecule has 1 saturated carbocycles. The van der Waals surface area contributed by atoms with Crippen LogP contribution in [0.25, 0.3) is 0 Å². The summed E-state index contributed by atoms with van der Waals surface area (Å²) in [4.78, 5) is 11.7. The molecule has 1 saturated heterocycles. The van der Waals surface area contributed by atoms with E-state index >= 15 is 0 Å². The topological polar surface area (TPSA) is 52.6 Å². The highest BCUT2D eigenvalue weighted by Gasteiger charge is 2.38. The fourth-order valence-corrected chi connectivity index (χ4v) is 5.70. The van der Waals surface area contributed by atoms with Gasteiger partial charge in [-0.15, -0.1) is 11.3 Å². The number of aryl methyl sites for hydroxylation is 1. The van der Waals surface area contributed by atoms with Gasteiger partial charge in [-0.2, -0.15) is 11.8 Å². The number of hydrogen-bond acceptors (Lipinski definition) is 5. The van der Waals surface area contributed by atoms with Crippen LogP contribution in [0.4, 0.5) is 0 Å². The van der Waals surface area contributed by atoms with Crippen LogP contribution in [0.15, 0.2) is 10.4 Å². The lowest BCUT2D eigenvalue weighted by Gasteiger charge is -2.48. The van der Waals surface area contributed by atoms with Crippen molar-refractivity contribution in [2.75, 3.05) is 44.7 Å². The first-order chi connectivity index (χ1) is 12.7. The molecule has 2 heterocycles. The lowest BCUT2D eigenvalue weighted by Crippen LogP contribution is -2.59. The molecule has 0 atom stereocenters. The van der Waals surface area contributed by atoms with E-state index in [0.29, 0.717) is 5.54 Å². The van der Waals surface area contributed by atoms with Crippen LogP contribution in [0.1, 0.15) is 42.8 Å². The van der Waals surface area contributed by atoms with Gasteiger partial charge in [0, 0.05) is 62.1 Å². The molecule has 0 aromatic carbocycles. The number of aromatic nitrogens is 1. The van der Waals surface area contributed by atoms with E-state index < -0.39 is 0 Å². The number of nitrogens with one attached hydrogen (secondary N) is 2. The van der Waals surface area contributed by atoms with Gasteiger partial charge in [0.15, 0.2) is 5.96 Å². The van der Waals surface area contributed by atoms with Gasteiger partial charge in [0.25, 0.3) is 0 Å². The minimum absolute atomic E-state index is 0.322. The summed E-state index contributed by atoms with van der Waals surface area (Å²) in [5.41, 5.74) is 1.49. The van der Waals surface area contributed by atoms with E-state index in [0.717, 1.165) is 30.5 Å². The van der Waals surface area contributed by atoms with Crippen molar-refractivity contribution in [1.82, 2.24) is 20.5 Å². The van der Waals surface area contributed by atoms with Crippen molar-refractivity contribution in [3.63, 3.8) is 0 Å². The van der Waals surface area contributed by atoms with Gasteiger partial charge < -0.3 is 10.6 Å². The van der Waals surface area contributed by atoms with E-state index in [9.17, 15) is 0 Å². The average molecular weight is 396 g/mol. The molecule has 26 heavy (non-hydrogen) atoms. The Hall–Kier alpha value is -0.790. The summed E-state index contributed by atoms with van der Waals surface area (Å²) in [5, 5.41) is 10.4. The number of rotatable bonds is 6. The normalized spacial score (nSPS) is 21.5. The van der Waals surface area contributed by atoms with Crippen LogP contribution in [0, 0.1) is 6.92 Å². The Morgan fingerprint density at radius 1 is 1.23 bits per heavy atom. The highest BCUT2D eigenvalue weighted by Crippen LogP contribution is 2.34.